The third-order valence-electron chi connectivity index (χ3n) is 2.43. The van der Waals surface area contributed by atoms with Gasteiger partial charge in [0.25, 0.3) is 0 Å². The van der Waals surface area contributed by atoms with Crippen molar-refractivity contribution >= 4 is 6.29 Å². The Hall–Kier alpha value is -2.04. The van der Waals surface area contributed by atoms with Crippen LogP contribution >= 0.6 is 0 Å². The van der Waals surface area contributed by atoms with Gasteiger partial charge in [-0.05, 0) is 6.07 Å². The molecule has 0 aliphatic heterocycles. The molecule has 2 rings (SSSR count). The molecule has 0 saturated carbocycles. The molecule has 82 valence electrons. The Morgan fingerprint density at radius 1 is 1.50 bits per heavy atom. The van der Waals surface area contributed by atoms with Gasteiger partial charge in [-0.15, -0.1) is 10.2 Å². The summed E-state index contributed by atoms with van der Waals surface area (Å²) in [5, 5.41) is 8.07. The summed E-state index contributed by atoms with van der Waals surface area (Å²) in [4.78, 5) is 10.4. The maximum absolute atomic E-state index is 10.4. The average molecular weight is 217 g/mol. The second-order valence-corrected chi connectivity index (χ2v) is 3.63. The van der Waals surface area contributed by atoms with Crippen LogP contribution in [-0.4, -0.2) is 21.1 Å². The van der Waals surface area contributed by atoms with Crippen LogP contribution in [0.2, 0.25) is 0 Å². The second kappa shape index (κ2) is 4.22. The Kier molecular flexibility index (Phi) is 2.76. The number of hydrogen-bond donors (Lipinski definition) is 0. The molecule has 2 heterocycles. The van der Waals surface area contributed by atoms with Crippen LogP contribution in [0.3, 0.4) is 0 Å². The van der Waals surface area contributed by atoms with Crippen molar-refractivity contribution in [2.24, 2.45) is 14.1 Å². The van der Waals surface area contributed by atoms with E-state index in [1.54, 1.807) is 0 Å². The molecule has 0 radical (unpaired) electrons. The van der Waals surface area contributed by atoms with Crippen LogP contribution in [0.4, 0.5) is 0 Å². The van der Waals surface area contributed by atoms with Crippen molar-refractivity contribution in [2.45, 2.75) is 6.42 Å². The highest BCUT2D eigenvalue weighted by Crippen LogP contribution is 2.14. The van der Waals surface area contributed by atoms with Gasteiger partial charge >= 0.3 is 0 Å². The first-order chi connectivity index (χ1) is 7.72. The molecule has 0 N–H and O–H groups in total. The third-order valence-corrected chi connectivity index (χ3v) is 2.43. The van der Waals surface area contributed by atoms with Crippen LogP contribution in [-0.2, 0) is 25.3 Å². The van der Waals surface area contributed by atoms with E-state index in [1.165, 1.54) is 0 Å². The minimum Gasteiger partial charge on any atom is -0.314 e. The van der Waals surface area contributed by atoms with Gasteiger partial charge in [0.1, 0.15) is 19.2 Å². The van der Waals surface area contributed by atoms with Gasteiger partial charge < -0.3 is 9.36 Å². The van der Waals surface area contributed by atoms with E-state index in [9.17, 15) is 4.79 Å². The number of rotatable bonds is 3. The van der Waals surface area contributed by atoms with Gasteiger partial charge in [-0.3, -0.25) is 0 Å². The number of carbonyl (C=O) groups is 1. The van der Waals surface area contributed by atoms with Crippen molar-refractivity contribution in [2.75, 3.05) is 0 Å². The van der Waals surface area contributed by atoms with Crippen LogP contribution in [0.15, 0.2) is 24.5 Å². The Balaban J connectivity index is 2.44. The zero-order valence-electron chi connectivity index (χ0n) is 9.29. The van der Waals surface area contributed by atoms with Crippen LogP contribution in [0, 0.1) is 0 Å². The highest BCUT2D eigenvalue weighted by Gasteiger charge is 2.12. The molecule has 2 aromatic rings. The van der Waals surface area contributed by atoms with Crippen molar-refractivity contribution in [3.05, 3.63) is 30.4 Å². The predicted octanol–water partition coefficient (Wildman–Crippen LogP) is 0.0480. The normalized spacial score (nSPS) is 10.4. The first-order valence-electron chi connectivity index (χ1n) is 5.00. The molecule has 0 unspecified atom stereocenters. The summed E-state index contributed by atoms with van der Waals surface area (Å²) in [7, 11) is 3.81. The zero-order chi connectivity index (χ0) is 11.5. The molecule has 0 amide bonds. The second-order valence-electron chi connectivity index (χ2n) is 3.63. The Morgan fingerprint density at radius 3 is 3.00 bits per heavy atom. The van der Waals surface area contributed by atoms with Crippen molar-refractivity contribution in [1.82, 2.24) is 14.8 Å². The van der Waals surface area contributed by atoms with Gasteiger partial charge in [0.15, 0.2) is 18.2 Å². The molecule has 16 heavy (non-hydrogen) atoms. The molecule has 0 bridgehead atoms. The number of aryl methyl sites for hydroxylation is 1. The van der Waals surface area contributed by atoms with E-state index in [1.807, 2.05) is 47.8 Å². The SMILES string of the molecule is Cn1c(CC=O)nnc1-c1ccc[n+](C)c1. The van der Waals surface area contributed by atoms with E-state index in [2.05, 4.69) is 10.2 Å². The van der Waals surface area contributed by atoms with Crippen LogP contribution < -0.4 is 4.57 Å². The summed E-state index contributed by atoms with van der Waals surface area (Å²) >= 11 is 0. The number of pyridine rings is 1. The maximum Gasteiger partial charge on any atom is 0.179 e. The highest BCUT2D eigenvalue weighted by molar-refractivity contribution is 5.56. The van der Waals surface area contributed by atoms with Crippen molar-refractivity contribution in [3.63, 3.8) is 0 Å². The van der Waals surface area contributed by atoms with Crippen LogP contribution in [0.25, 0.3) is 11.4 Å². The molecule has 0 aliphatic rings. The van der Waals surface area contributed by atoms with Gasteiger partial charge in [0.05, 0.1) is 12.0 Å². The molecule has 0 atom stereocenters. The fourth-order valence-electron chi connectivity index (χ4n) is 1.59. The van der Waals surface area contributed by atoms with Crippen molar-refractivity contribution in [1.29, 1.82) is 0 Å². The summed E-state index contributed by atoms with van der Waals surface area (Å²) in [5.74, 6) is 1.45. The first-order valence-corrected chi connectivity index (χ1v) is 5.00. The smallest absolute Gasteiger partial charge is 0.179 e. The van der Waals surface area contributed by atoms with E-state index in [-0.39, 0.29) is 0 Å². The van der Waals surface area contributed by atoms with E-state index in [4.69, 9.17) is 0 Å². The lowest BCUT2D eigenvalue weighted by Crippen LogP contribution is -2.26. The Morgan fingerprint density at radius 2 is 2.31 bits per heavy atom. The minimum atomic E-state index is 0.294. The molecule has 0 aliphatic carbocycles. The lowest BCUT2D eigenvalue weighted by molar-refractivity contribution is -0.671. The zero-order valence-corrected chi connectivity index (χ0v) is 9.29. The lowest BCUT2D eigenvalue weighted by atomic mass is 10.2. The van der Waals surface area contributed by atoms with Gasteiger partial charge in [0, 0.05) is 13.1 Å². The monoisotopic (exact) mass is 217 g/mol. The molecular weight excluding hydrogens is 204 g/mol. The quantitative estimate of drug-likeness (QED) is 0.539. The van der Waals surface area contributed by atoms with E-state index >= 15 is 0 Å². The fourth-order valence-corrected chi connectivity index (χ4v) is 1.59. The largest absolute Gasteiger partial charge is 0.314 e. The van der Waals surface area contributed by atoms with Gasteiger partial charge in [-0.2, -0.15) is 0 Å². The lowest BCUT2D eigenvalue weighted by Gasteiger charge is -2.00. The summed E-state index contributed by atoms with van der Waals surface area (Å²) in [6.07, 6.45) is 5.04. The van der Waals surface area contributed by atoms with Gasteiger partial charge in [-0.25, -0.2) is 4.57 Å². The standard InChI is InChI=1S/C11H13N4O/c1-14-6-3-4-9(8-14)11-13-12-10(5-7-16)15(11)2/h3-4,6-8H,5H2,1-2H3/q+1. The number of aromatic nitrogens is 4. The minimum absolute atomic E-state index is 0.294. The van der Waals surface area contributed by atoms with Gasteiger partial charge in [0.2, 0.25) is 0 Å². The third kappa shape index (κ3) is 1.84. The van der Waals surface area contributed by atoms with Crippen molar-refractivity contribution < 1.29 is 9.36 Å². The molecular formula is C11H13N4O+. The molecule has 0 aromatic carbocycles. The Bertz CT molecular complexity index is 518. The molecule has 2 aromatic heterocycles. The predicted molar refractivity (Wildman–Crippen MR) is 57.4 cm³/mol. The fraction of sp³-hybridized carbons (Fsp3) is 0.273. The molecule has 5 nitrogen and oxygen atoms in total. The van der Waals surface area contributed by atoms with E-state index < -0.39 is 0 Å². The van der Waals surface area contributed by atoms with Crippen LogP contribution in [0.1, 0.15) is 5.82 Å². The number of carbonyl (C=O) groups excluding carboxylic acids is 1. The molecule has 5 heteroatoms. The number of aldehydes is 1. The highest BCUT2D eigenvalue weighted by atomic mass is 16.1. The number of nitrogens with zero attached hydrogens (tertiary/aromatic N) is 4. The summed E-state index contributed by atoms with van der Waals surface area (Å²) < 4.78 is 3.78. The molecule has 0 fully saturated rings. The number of hydrogen-bond acceptors (Lipinski definition) is 3. The molecule has 0 spiro atoms. The Labute approximate surface area is 93.4 Å². The summed E-state index contributed by atoms with van der Waals surface area (Å²) in [6, 6.07) is 3.91. The topological polar surface area (TPSA) is 51.7 Å². The molecule has 0 saturated heterocycles. The van der Waals surface area contributed by atoms with Crippen LogP contribution in [0.5, 0.6) is 0 Å². The summed E-state index contributed by atoms with van der Waals surface area (Å²) in [6.45, 7) is 0. The average Bonchev–Trinajstić information content (AvgIpc) is 2.61. The van der Waals surface area contributed by atoms with Crippen molar-refractivity contribution in [3.8, 4) is 11.4 Å². The first kappa shape index (κ1) is 10.5. The van der Waals surface area contributed by atoms with Gasteiger partial charge in [-0.1, -0.05) is 0 Å². The summed E-state index contributed by atoms with van der Waals surface area (Å²) in [5.41, 5.74) is 0.983. The maximum atomic E-state index is 10.4. The van der Waals surface area contributed by atoms with E-state index in [0.29, 0.717) is 12.2 Å². The van der Waals surface area contributed by atoms with E-state index in [0.717, 1.165) is 17.7 Å².